The van der Waals surface area contributed by atoms with E-state index in [9.17, 15) is 0 Å². The van der Waals surface area contributed by atoms with Crippen molar-refractivity contribution >= 4 is 0 Å². The summed E-state index contributed by atoms with van der Waals surface area (Å²) in [4.78, 5) is 2.58. The van der Waals surface area contributed by atoms with Crippen LogP contribution in [0.4, 0.5) is 0 Å². The standard InChI is InChI=1S/C10H17NO2/c12-8-9-5-10(6-9,7-9)11-1-3-13-4-2-11/h12H,1-8H2. The van der Waals surface area contributed by atoms with Crippen molar-refractivity contribution < 1.29 is 9.84 Å². The van der Waals surface area contributed by atoms with Crippen LogP contribution >= 0.6 is 0 Å². The van der Waals surface area contributed by atoms with E-state index in [1.54, 1.807) is 0 Å². The number of nitrogens with zero attached hydrogens (tertiary/aromatic N) is 1. The third-order valence-corrected chi connectivity index (χ3v) is 4.13. The van der Waals surface area contributed by atoms with E-state index in [1.807, 2.05) is 0 Å². The molecule has 4 fully saturated rings. The third-order valence-electron chi connectivity index (χ3n) is 4.13. The van der Waals surface area contributed by atoms with Crippen LogP contribution in [0.2, 0.25) is 0 Å². The van der Waals surface area contributed by atoms with Gasteiger partial charge in [-0.3, -0.25) is 4.90 Å². The van der Waals surface area contributed by atoms with Gasteiger partial charge in [0.25, 0.3) is 0 Å². The molecule has 3 aliphatic carbocycles. The predicted molar refractivity (Wildman–Crippen MR) is 48.5 cm³/mol. The summed E-state index contributed by atoms with van der Waals surface area (Å²) in [7, 11) is 0. The number of hydrogen-bond acceptors (Lipinski definition) is 3. The van der Waals surface area contributed by atoms with Crippen LogP contribution in [-0.2, 0) is 4.74 Å². The lowest BCUT2D eigenvalue weighted by Gasteiger charge is -2.74. The fourth-order valence-corrected chi connectivity index (χ4v) is 3.48. The second-order valence-corrected chi connectivity index (χ2v) is 5.01. The molecule has 3 saturated carbocycles. The number of hydrogen-bond donors (Lipinski definition) is 1. The molecule has 1 heterocycles. The Bertz CT molecular complexity index is 203. The van der Waals surface area contributed by atoms with Crippen molar-refractivity contribution in [3.63, 3.8) is 0 Å². The fourth-order valence-electron chi connectivity index (χ4n) is 3.48. The molecule has 1 saturated heterocycles. The quantitative estimate of drug-likeness (QED) is 0.665. The molecule has 2 bridgehead atoms. The van der Waals surface area contributed by atoms with Crippen molar-refractivity contribution in [3.05, 3.63) is 0 Å². The summed E-state index contributed by atoms with van der Waals surface area (Å²) in [6.07, 6.45) is 3.70. The van der Waals surface area contributed by atoms with E-state index in [4.69, 9.17) is 9.84 Å². The molecule has 0 radical (unpaired) electrons. The van der Waals surface area contributed by atoms with Crippen LogP contribution < -0.4 is 0 Å². The minimum absolute atomic E-state index is 0.346. The van der Waals surface area contributed by atoms with Gasteiger partial charge < -0.3 is 9.84 Å². The van der Waals surface area contributed by atoms with Crippen molar-refractivity contribution in [2.24, 2.45) is 5.41 Å². The highest BCUT2D eigenvalue weighted by molar-refractivity contribution is 5.23. The summed E-state index contributed by atoms with van der Waals surface area (Å²) >= 11 is 0. The minimum Gasteiger partial charge on any atom is -0.396 e. The van der Waals surface area contributed by atoms with E-state index >= 15 is 0 Å². The molecule has 0 amide bonds. The Labute approximate surface area is 78.7 Å². The van der Waals surface area contributed by atoms with E-state index in [0.29, 0.717) is 17.6 Å². The summed E-state index contributed by atoms with van der Waals surface area (Å²) in [6.45, 7) is 4.39. The first kappa shape index (κ1) is 8.21. The molecule has 0 aromatic heterocycles. The second-order valence-electron chi connectivity index (χ2n) is 5.01. The fraction of sp³-hybridized carbons (Fsp3) is 1.00. The Morgan fingerprint density at radius 1 is 1.15 bits per heavy atom. The lowest BCUT2D eigenvalue weighted by atomic mass is 9.39. The molecule has 0 aromatic carbocycles. The Morgan fingerprint density at radius 3 is 2.31 bits per heavy atom. The van der Waals surface area contributed by atoms with Gasteiger partial charge in [-0.1, -0.05) is 0 Å². The van der Waals surface area contributed by atoms with Crippen LogP contribution in [0.15, 0.2) is 0 Å². The highest BCUT2D eigenvalue weighted by Crippen LogP contribution is 2.69. The predicted octanol–water partition coefficient (Wildman–Crippen LogP) is 0.234. The molecule has 74 valence electrons. The summed E-state index contributed by atoms with van der Waals surface area (Å²) in [6, 6.07) is 0. The van der Waals surface area contributed by atoms with E-state index in [0.717, 1.165) is 26.3 Å². The molecule has 0 aromatic rings. The smallest absolute Gasteiger partial charge is 0.0594 e. The number of ether oxygens (including phenoxy) is 1. The van der Waals surface area contributed by atoms with Gasteiger partial charge in [0.15, 0.2) is 0 Å². The lowest BCUT2D eigenvalue weighted by molar-refractivity contribution is -0.246. The third kappa shape index (κ3) is 0.953. The number of aliphatic hydroxyl groups excluding tert-OH is 1. The van der Waals surface area contributed by atoms with Gasteiger partial charge in [0.05, 0.1) is 13.2 Å². The minimum atomic E-state index is 0.346. The van der Waals surface area contributed by atoms with Gasteiger partial charge in [-0.05, 0) is 24.7 Å². The first-order valence-corrected chi connectivity index (χ1v) is 5.22. The summed E-state index contributed by atoms with van der Waals surface area (Å²) in [5, 5.41) is 9.15. The second kappa shape index (κ2) is 2.47. The van der Waals surface area contributed by atoms with Crippen molar-refractivity contribution in [2.45, 2.75) is 24.8 Å². The van der Waals surface area contributed by atoms with Gasteiger partial charge >= 0.3 is 0 Å². The van der Waals surface area contributed by atoms with Gasteiger partial charge in [0.2, 0.25) is 0 Å². The maximum absolute atomic E-state index is 9.15. The largest absolute Gasteiger partial charge is 0.396 e. The maximum atomic E-state index is 9.15. The topological polar surface area (TPSA) is 32.7 Å². The molecule has 3 heteroatoms. The first-order valence-electron chi connectivity index (χ1n) is 5.22. The van der Waals surface area contributed by atoms with E-state index in [1.165, 1.54) is 19.3 Å². The van der Waals surface area contributed by atoms with E-state index in [2.05, 4.69) is 4.90 Å². The molecule has 3 nitrogen and oxygen atoms in total. The van der Waals surface area contributed by atoms with Crippen molar-refractivity contribution in [1.82, 2.24) is 4.90 Å². The van der Waals surface area contributed by atoms with Gasteiger partial charge in [0, 0.05) is 25.2 Å². The van der Waals surface area contributed by atoms with Crippen LogP contribution in [0.3, 0.4) is 0 Å². The summed E-state index contributed by atoms with van der Waals surface area (Å²) in [5.41, 5.74) is 0.838. The SMILES string of the molecule is OCC12CC(N3CCOCC3)(C1)C2. The van der Waals surface area contributed by atoms with Crippen molar-refractivity contribution in [3.8, 4) is 0 Å². The zero-order valence-corrected chi connectivity index (χ0v) is 7.96. The molecule has 0 atom stereocenters. The highest BCUT2D eigenvalue weighted by Gasteiger charge is 2.69. The number of rotatable bonds is 2. The van der Waals surface area contributed by atoms with Crippen LogP contribution in [-0.4, -0.2) is 48.5 Å². The van der Waals surface area contributed by atoms with Crippen LogP contribution in [0, 0.1) is 5.41 Å². The van der Waals surface area contributed by atoms with Gasteiger partial charge in [-0.15, -0.1) is 0 Å². The molecular formula is C10H17NO2. The molecule has 4 rings (SSSR count). The van der Waals surface area contributed by atoms with Crippen LogP contribution in [0.25, 0.3) is 0 Å². The lowest BCUT2D eigenvalue weighted by Crippen LogP contribution is -2.76. The average molecular weight is 183 g/mol. The van der Waals surface area contributed by atoms with Crippen LogP contribution in [0.1, 0.15) is 19.3 Å². The zero-order valence-electron chi connectivity index (χ0n) is 7.96. The number of aliphatic hydroxyl groups is 1. The van der Waals surface area contributed by atoms with Gasteiger partial charge in [-0.25, -0.2) is 0 Å². The maximum Gasteiger partial charge on any atom is 0.0594 e. The zero-order chi connectivity index (χ0) is 8.94. The number of morpholine rings is 1. The van der Waals surface area contributed by atoms with Gasteiger partial charge in [-0.2, -0.15) is 0 Å². The van der Waals surface area contributed by atoms with Crippen molar-refractivity contribution in [2.75, 3.05) is 32.9 Å². The van der Waals surface area contributed by atoms with E-state index < -0.39 is 0 Å². The Morgan fingerprint density at radius 2 is 1.77 bits per heavy atom. The highest BCUT2D eigenvalue weighted by atomic mass is 16.5. The molecule has 1 N–H and O–H groups in total. The molecule has 0 spiro atoms. The first-order chi connectivity index (χ1) is 6.29. The van der Waals surface area contributed by atoms with Crippen molar-refractivity contribution in [1.29, 1.82) is 0 Å². The Balaban J connectivity index is 1.63. The molecule has 1 aliphatic heterocycles. The molecule has 4 aliphatic rings. The summed E-state index contributed by atoms with van der Waals surface area (Å²) < 4.78 is 5.34. The van der Waals surface area contributed by atoms with Gasteiger partial charge in [0.1, 0.15) is 0 Å². The average Bonchev–Trinajstić information content (AvgIpc) is 2.02. The summed E-state index contributed by atoms with van der Waals surface area (Å²) in [5.74, 6) is 0. The van der Waals surface area contributed by atoms with Crippen LogP contribution in [0.5, 0.6) is 0 Å². The molecular weight excluding hydrogens is 166 g/mol. The molecule has 0 unspecified atom stereocenters. The molecule has 13 heavy (non-hydrogen) atoms. The Hall–Kier alpha value is -0.120. The monoisotopic (exact) mass is 183 g/mol. The normalized spacial score (nSPS) is 49.6. The van der Waals surface area contributed by atoms with E-state index in [-0.39, 0.29) is 0 Å². The Kier molecular flexibility index (Phi) is 1.56.